The van der Waals surface area contributed by atoms with Crippen molar-refractivity contribution in [2.45, 2.75) is 6.61 Å². The fraction of sp³-hybridized carbons (Fsp3) is 0.0526. The number of rotatable bonds is 6. The highest BCUT2D eigenvalue weighted by Crippen LogP contribution is 2.21. The van der Waals surface area contributed by atoms with Gasteiger partial charge in [-0.3, -0.25) is 4.98 Å². The number of ether oxygens (including phenoxy) is 1. The van der Waals surface area contributed by atoms with Gasteiger partial charge in [0, 0.05) is 29.3 Å². The summed E-state index contributed by atoms with van der Waals surface area (Å²) in [5, 5.41) is 12.1. The molecule has 0 unspecified atom stereocenters. The number of hydrogen-bond donors (Lipinski definition) is 2. The van der Waals surface area contributed by atoms with Crippen LogP contribution in [-0.4, -0.2) is 16.1 Å². The standard InChI is InChI=1S/C19H16N2O3/c22-19(23)15-3-5-16(6-4-15)21-17-7-9-18(10-8-17)24-13-14-2-1-11-20-12-14/h1-12,21H,13H2,(H,22,23). The van der Waals surface area contributed by atoms with E-state index in [2.05, 4.69) is 10.3 Å². The monoisotopic (exact) mass is 320 g/mol. The summed E-state index contributed by atoms with van der Waals surface area (Å²) in [6, 6.07) is 18.0. The van der Waals surface area contributed by atoms with Gasteiger partial charge in [-0.05, 0) is 54.6 Å². The topological polar surface area (TPSA) is 71.5 Å². The van der Waals surface area contributed by atoms with Gasteiger partial charge in [-0.15, -0.1) is 0 Å². The smallest absolute Gasteiger partial charge is 0.335 e. The fourth-order valence-corrected chi connectivity index (χ4v) is 2.15. The number of carbonyl (C=O) groups is 1. The molecule has 0 saturated heterocycles. The highest BCUT2D eigenvalue weighted by molar-refractivity contribution is 5.88. The first kappa shape index (κ1) is 15.6. The van der Waals surface area contributed by atoms with E-state index in [-0.39, 0.29) is 5.56 Å². The lowest BCUT2D eigenvalue weighted by Crippen LogP contribution is -1.97. The lowest BCUT2D eigenvalue weighted by atomic mass is 10.2. The molecule has 0 atom stereocenters. The first-order chi connectivity index (χ1) is 11.7. The molecule has 0 radical (unpaired) electrons. The van der Waals surface area contributed by atoms with Crippen LogP contribution in [0.25, 0.3) is 0 Å². The summed E-state index contributed by atoms with van der Waals surface area (Å²) in [6.07, 6.45) is 3.50. The van der Waals surface area contributed by atoms with Crippen molar-refractivity contribution in [2.75, 3.05) is 5.32 Å². The highest BCUT2D eigenvalue weighted by Gasteiger charge is 2.02. The molecule has 3 rings (SSSR count). The van der Waals surface area contributed by atoms with Crippen LogP contribution in [0.3, 0.4) is 0 Å². The molecule has 5 nitrogen and oxygen atoms in total. The van der Waals surface area contributed by atoms with E-state index in [4.69, 9.17) is 9.84 Å². The van der Waals surface area contributed by atoms with Crippen LogP contribution in [0.2, 0.25) is 0 Å². The third-order valence-electron chi connectivity index (χ3n) is 3.40. The van der Waals surface area contributed by atoms with Crippen molar-refractivity contribution in [3.63, 3.8) is 0 Å². The summed E-state index contributed by atoms with van der Waals surface area (Å²) in [4.78, 5) is 14.9. The van der Waals surface area contributed by atoms with Crippen LogP contribution >= 0.6 is 0 Å². The van der Waals surface area contributed by atoms with Crippen LogP contribution < -0.4 is 10.1 Å². The first-order valence-electron chi connectivity index (χ1n) is 7.43. The molecule has 0 aliphatic heterocycles. The predicted octanol–water partition coefficient (Wildman–Crippen LogP) is 4.10. The quantitative estimate of drug-likeness (QED) is 0.715. The van der Waals surface area contributed by atoms with Gasteiger partial charge in [0.2, 0.25) is 0 Å². The first-order valence-corrected chi connectivity index (χ1v) is 7.43. The molecule has 2 N–H and O–H groups in total. The second kappa shape index (κ2) is 7.28. The summed E-state index contributed by atoms with van der Waals surface area (Å²) >= 11 is 0. The van der Waals surface area contributed by atoms with Gasteiger partial charge in [-0.25, -0.2) is 4.79 Å². The zero-order valence-electron chi connectivity index (χ0n) is 12.8. The van der Waals surface area contributed by atoms with E-state index in [1.165, 1.54) is 0 Å². The van der Waals surface area contributed by atoms with Crippen molar-refractivity contribution in [3.05, 3.63) is 84.2 Å². The maximum Gasteiger partial charge on any atom is 0.335 e. The minimum absolute atomic E-state index is 0.264. The van der Waals surface area contributed by atoms with Crippen molar-refractivity contribution in [1.29, 1.82) is 0 Å². The molecule has 24 heavy (non-hydrogen) atoms. The molecule has 0 fully saturated rings. The largest absolute Gasteiger partial charge is 0.489 e. The van der Waals surface area contributed by atoms with E-state index in [0.29, 0.717) is 6.61 Å². The van der Waals surface area contributed by atoms with Gasteiger partial charge in [0.25, 0.3) is 0 Å². The average molecular weight is 320 g/mol. The van der Waals surface area contributed by atoms with Crippen molar-refractivity contribution in [3.8, 4) is 5.75 Å². The highest BCUT2D eigenvalue weighted by atomic mass is 16.5. The third kappa shape index (κ3) is 4.10. The average Bonchev–Trinajstić information content (AvgIpc) is 2.62. The molecule has 0 saturated carbocycles. The van der Waals surface area contributed by atoms with Gasteiger partial charge in [-0.1, -0.05) is 6.07 Å². The maximum atomic E-state index is 10.8. The van der Waals surface area contributed by atoms with E-state index in [1.807, 2.05) is 36.4 Å². The van der Waals surface area contributed by atoms with Crippen molar-refractivity contribution in [1.82, 2.24) is 4.98 Å². The molecule has 1 aromatic heterocycles. The molecule has 2 aromatic carbocycles. The Morgan fingerprint density at radius 1 is 1.00 bits per heavy atom. The normalized spacial score (nSPS) is 10.2. The van der Waals surface area contributed by atoms with E-state index in [9.17, 15) is 4.79 Å². The molecule has 0 amide bonds. The van der Waals surface area contributed by atoms with Crippen LogP contribution in [0.15, 0.2) is 73.1 Å². The van der Waals surface area contributed by atoms with Crippen LogP contribution in [-0.2, 0) is 6.61 Å². The summed E-state index contributed by atoms with van der Waals surface area (Å²) in [5.74, 6) is -0.165. The minimum Gasteiger partial charge on any atom is -0.489 e. The zero-order chi connectivity index (χ0) is 16.8. The van der Waals surface area contributed by atoms with Crippen molar-refractivity contribution < 1.29 is 14.6 Å². The second-order valence-electron chi connectivity index (χ2n) is 5.18. The lowest BCUT2D eigenvalue weighted by Gasteiger charge is -2.09. The van der Waals surface area contributed by atoms with Gasteiger partial charge in [0.15, 0.2) is 0 Å². The Hall–Kier alpha value is -3.34. The van der Waals surface area contributed by atoms with E-state index in [1.54, 1.807) is 36.7 Å². The van der Waals surface area contributed by atoms with E-state index in [0.717, 1.165) is 22.7 Å². The molecule has 0 aliphatic carbocycles. The summed E-state index contributed by atoms with van der Waals surface area (Å²) in [7, 11) is 0. The van der Waals surface area contributed by atoms with Gasteiger partial charge in [-0.2, -0.15) is 0 Å². The molecular formula is C19H16N2O3. The number of nitrogens with zero attached hydrogens (tertiary/aromatic N) is 1. The SMILES string of the molecule is O=C(O)c1ccc(Nc2ccc(OCc3cccnc3)cc2)cc1. The van der Waals surface area contributed by atoms with Crippen molar-refractivity contribution >= 4 is 17.3 Å². The Bertz CT molecular complexity index is 800. The third-order valence-corrected chi connectivity index (χ3v) is 3.40. The molecule has 0 spiro atoms. The van der Waals surface area contributed by atoms with Gasteiger partial charge in [0.05, 0.1) is 5.56 Å². The molecule has 5 heteroatoms. The number of aromatic nitrogens is 1. The summed E-state index contributed by atoms with van der Waals surface area (Å²) in [5.41, 5.74) is 2.99. The number of nitrogens with one attached hydrogen (secondary N) is 1. The van der Waals surface area contributed by atoms with Crippen molar-refractivity contribution in [2.24, 2.45) is 0 Å². The number of benzene rings is 2. The fourth-order valence-electron chi connectivity index (χ4n) is 2.15. The number of hydrogen-bond acceptors (Lipinski definition) is 4. The molecule has 1 heterocycles. The molecule has 120 valence electrons. The Kier molecular flexibility index (Phi) is 4.72. The van der Waals surface area contributed by atoms with Crippen LogP contribution in [0.4, 0.5) is 11.4 Å². The Labute approximate surface area is 139 Å². The van der Waals surface area contributed by atoms with Crippen LogP contribution in [0, 0.1) is 0 Å². The number of carboxylic acid groups (broad SMARTS) is 1. The lowest BCUT2D eigenvalue weighted by molar-refractivity contribution is 0.0697. The summed E-state index contributed by atoms with van der Waals surface area (Å²) in [6.45, 7) is 0.470. The molecular weight excluding hydrogens is 304 g/mol. The van der Waals surface area contributed by atoms with Gasteiger partial charge < -0.3 is 15.2 Å². The summed E-state index contributed by atoms with van der Waals surface area (Å²) < 4.78 is 5.71. The number of carboxylic acids is 1. The van der Waals surface area contributed by atoms with E-state index >= 15 is 0 Å². The van der Waals surface area contributed by atoms with E-state index < -0.39 is 5.97 Å². The number of aromatic carboxylic acids is 1. The Morgan fingerprint density at radius 3 is 2.25 bits per heavy atom. The second-order valence-corrected chi connectivity index (χ2v) is 5.18. The molecule has 3 aromatic rings. The predicted molar refractivity (Wildman–Crippen MR) is 91.7 cm³/mol. The number of anilines is 2. The van der Waals surface area contributed by atoms with Gasteiger partial charge >= 0.3 is 5.97 Å². The zero-order valence-corrected chi connectivity index (χ0v) is 12.8. The number of pyridine rings is 1. The minimum atomic E-state index is -0.934. The van der Waals surface area contributed by atoms with Gasteiger partial charge in [0.1, 0.15) is 12.4 Å². The van der Waals surface area contributed by atoms with Crippen LogP contribution in [0.5, 0.6) is 5.75 Å². The van der Waals surface area contributed by atoms with Crippen LogP contribution in [0.1, 0.15) is 15.9 Å². The molecule has 0 bridgehead atoms. The Morgan fingerprint density at radius 2 is 1.67 bits per heavy atom. The maximum absolute atomic E-state index is 10.8. The Balaban J connectivity index is 1.59. The molecule has 0 aliphatic rings.